The zero-order valence-electron chi connectivity index (χ0n) is 8.34. The van der Waals surface area contributed by atoms with Crippen LogP contribution in [0.2, 0.25) is 0 Å². The summed E-state index contributed by atoms with van der Waals surface area (Å²) in [5.74, 6) is 0.275. The summed E-state index contributed by atoms with van der Waals surface area (Å²) in [5, 5.41) is 9.60. The predicted octanol–water partition coefficient (Wildman–Crippen LogP) is 0.622. The van der Waals surface area contributed by atoms with Gasteiger partial charge in [-0.25, -0.2) is 9.97 Å². The third-order valence-electron chi connectivity index (χ3n) is 1.74. The summed E-state index contributed by atoms with van der Waals surface area (Å²) in [7, 11) is 1.73. The van der Waals surface area contributed by atoms with Crippen molar-refractivity contribution in [3.63, 3.8) is 0 Å². The van der Waals surface area contributed by atoms with Gasteiger partial charge in [-0.05, 0) is 0 Å². The molecule has 0 unspecified atom stereocenters. The van der Waals surface area contributed by atoms with Crippen molar-refractivity contribution < 1.29 is 4.79 Å². The van der Waals surface area contributed by atoms with Crippen molar-refractivity contribution in [3.05, 3.63) is 24.3 Å². The quantitative estimate of drug-likeness (QED) is 0.811. The van der Waals surface area contributed by atoms with Gasteiger partial charge >= 0.3 is 0 Å². The molecule has 2 aromatic rings. The third-order valence-corrected chi connectivity index (χ3v) is 2.32. The SMILES string of the molecule is CNc1cnc(C(=O)Nc2cnns2)cn1. The summed E-state index contributed by atoms with van der Waals surface area (Å²) < 4.78 is 3.63. The molecule has 7 nitrogen and oxygen atoms in total. The van der Waals surface area contributed by atoms with Crippen molar-refractivity contribution in [2.24, 2.45) is 0 Å². The topological polar surface area (TPSA) is 92.7 Å². The molecule has 0 saturated carbocycles. The molecule has 82 valence electrons. The fourth-order valence-electron chi connectivity index (χ4n) is 0.973. The molecule has 0 aliphatic rings. The Hall–Kier alpha value is -2.09. The minimum Gasteiger partial charge on any atom is -0.372 e. The number of aromatic nitrogens is 4. The fraction of sp³-hybridized carbons (Fsp3) is 0.125. The second kappa shape index (κ2) is 4.62. The molecule has 0 aliphatic carbocycles. The Bertz CT molecular complexity index is 468. The molecule has 2 rings (SSSR count). The minimum absolute atomic E-state index is 0.243. The van der Waals surface area contributed by atoms with Crippen LogP contribution >= 0.6 is 11.5 Å². The number of rotatable bonds is 3. The van der Waals surface area contributed by atoms with Gasteiger partial charge in [0, 0.05) is 18.6 Å². The summed E-state index contributed by atoms with van der Waals surface area (Å²) in [6, 6.07) is 0. The first-order valence-electron chi connectivity index (χ1n) is 4.38. The van der Waals surface area contributed by atoms with Crippen LogP contribution < -0.4 is 10.6 Å². The Morgan fingerprint density at radius 1 is 1.31 bits per heavy atom. The van der Waals surface area contributed by atoms with Gasteiger partial charge in [0.2, 0.25) is 0 Å². The van der Waals surface area contributed by atoms with Crippen LogP contribution in [0.1, 0.15) is 10.5 Å². The van der Waals surface area contributed by atoms with E-state index in [1.54, 1.807) is 7.05 Å². The highest BCUT2D eigenvalue weighted by Crippen LogP contribution is 2.10. The zero-order chi connectivity index (χ0) is 11.4. The van der Waals surface area contributed by atoms with Gasteiger partial charge in [0.05, 0.1) is 18.6 Å². The number of carbonyl (C=O) groups is 1. The summed E-state index contributed by atoms with van der Waals surface area (Å²) in [5.41, 5.74) is 0.243. The van der Waals surface area contributed by atoms with Crippen molar-refractivity contribution in [1.29, 1.82) is 0 Å². The number of carbonyl (C=O) groups excluding carboxylic acids is 1. The molecule has 0 radical (unpaired) electrons. The second-order valence-electron chi connectivity index (χ2n) is 2.77. The largest absolute Gasteiger partial charge is 0.372 e. The first-order chi connectivity index (χ1) is 7.79. The molecular weight excluding hydrogens is 228 g/mol. The van der Waals surface area contributed by atoms with E-state index in [0.29, 0.717) is 10.8 Å². The lowest BCUT2D eigenvalue weighted by molar-refractivity contribution is 0.102. The first kappa shape index (κ1) is 10.4. The highest BCUT2D eigenvalue weighted by molar-refractivity contribution is 7.10. The van der Waals surface area contributed by atoms with Crippen LogP contribution in [0.25, 0.3) is 0 Å². The predicted molar refractivity (Wildman–Crippen MR) is 59.4 cm³/mol. The van der Waals surface area contributed by atoms with Gasteiger partial charge in [0.1, 0.15) is 16.5 Å². The number of hydrogen-bond donors (Lipinski definition) is 2. The maximum Gasteiger partial charge on any atom is 0.276 e. The second-order valence-corrected chi connectivity index (χ2v) is 3.56. The van der Waals surface area contributed by atoms with Gasteiger partial charge in [-0.1, -0.05) is 4.49 Å². The lowest BCUT2D eigenvalue weighted by atomic mass is 10.4. The fourth-order valence-corrected chi connectivity index (χ4v) is 1.39. The maximum absolute atomic E-state index is 11.6. The number of anilines is 2. The Labute approximate surface area is 95.1 Å². The van der Waals surface area contributed by atoms with Gasteiger partial charge in [-0.15, -0.1) is 5.10 Å². The van der Waals surface area contributed by atoms with Gasteiger partial charge in [0.15, 0.2) is 0 Å². The van der Waals surface area contributed by atoms with E-state index < -0.39 is 0 Å². The van der Waals surface area contributed by atoms with Crippen molar-refractivity contribution in [1.82, 2.24) is 19.6 Å². The third kappa shape index (κ3) is 2.28. The smallest absolute Gasteiger partial charge is 0.276 e. The van der Waals surface area contributed by atoms with Crippen molar-refractivity contribution in [3.8, 4) is 0 Å². The number of hydrogen-bond acceptors (Lipinski definition) is 7. The number of nitrogens with one attached hydrogen (secondary N) is 2. The van der Waals surface area contributed by atoms with Gasteiger partial charge < -0.3 is 10.6 Å². The van der Waals surface area contributed by atoms with E-state index in [1.165, 1.54) is 18.6 Å². The van der Waals surface area contributed by atoms with Gasteiger partial charge in [0.25, 0.3) is 5.91 Å². The molecule has 2 N–H and O–H groups in total. The van der Waals surface area contributed by atoms with E-state index in [4.69, 9.17) is 0 Å². The molecule has 0 bridgehead atoms. The molecule has 0 fully saturated rings. The first-order valence-corrected chi connectivity index (χ1v) is 5.15. The van der Waals surface area contributed by atoms with Crippen LogP contribution in [-0.4, -0.2) is 32.5 Å². The summed E-state index contributed by atoms with van der Waals surface area (Å²) in [6.07, 6.45) is 4.35. The lowest BCUT2D eigenvalue weighted by Crippen LogP contribution is -2.13. The molecule has 0 saturated heterocycles. The molecule has 2 aromatic heterocycles. The standard InChI is InChI=1S/C8H8N6OS/c1-9-6-3-10-5(2-11-6)8(15)13-7-4-12-14-16-7/h2-4H,1H3,(H,9,11)(H,13,15). The van der Waals surface area contributed by atoms with Crippen LogP contribution in [-0.2, 0) is 0 Å². The molecule has 2 heterocycles. The Morgan fingerprint density at radius 3 is 2.75 bits per heavy atom. The molecule has 0 aromatic carbocycles. The maximum atomic E-state index is 11.6. The molecule has 1 amide bonds. The van der Waals surface area contributed by atoms with E-state index in [9.17, 15) is 4.79 Å². The molecular formula is C8H8N6OS. The zero-order valence-corrected chi connectivity index (χ0v) is 9.15. The van der Waals surface area contributed by atoms with Crippen LogP contribution in [0.4, 0.5) is 10.8 Å². The summed E-state index contributed by atoms with van der Waals surface area (Å²) in [6.45, 7) is 0. The molecule has 16 heavy (non-hydrogen) atoms. The van der Waals surface area contributed by atoms with Crippen LogP contribution in [0.15, 0.2) is 18.6 Å². The van der Waals surface area contributed by atoms with E-state index >= 15 is 0 Å². The number of amides is 1. The molecule has 0 aliphatic heterocycles. The average Bonchev–Trinajstić information content (AvgIpc) is 2.82. The Morgan fingerprint density at radius 2 is 2.19 bits per heavy atom. The summed E-state index contributed by atoms with van der Waals surface area (Å²) in [4.78, 5) is 19.6. The highest BCUT2D eigenvalue weighted by atomic mass is 32.1. The van der Waals surface area contributed by atoms with Crippen molar-refractivity contribution in [2.45, 2.75) is 0 Å². The van der Waals surface area contributed by atoms with Crippen LogP contribution in [0.3, 0.4) is 0 Å². The van der Waals surface area contributed by atoms with E-state index in [1.807, 2.05) is 0 Å². The van der Waals surface area contributed by atoms with Crippen LogP contribution in [0.5, 0.6) is 0 Å². The Balaban J connectivity index is 2.09. The van der Waals surface area contributed by atoms with Crippen molar-refractivity contribution in [2.75, 3.05) is 17.7 Å². The Kier molecular flexibility index (Phi) is 3.01. The van der Waals surface area contributed by atoms with Gasteiger partial charge in [-0.2, -0.15) is 0 Å². The van der Waals surface area contributed by atoms with Crippen LogP contribution in [0, 0.1) is 0 Å². The highest BCUT2D eigenvalue weighted by Gasteiger charge is 2.09. The number of nitrogens with zero attached hydrogens (tertiary/aromatic N) is 4. The monoisotopic (exact) mass is 236 g/mol. The minimum atomic E-state index is -0.332. The average molecular weight is 236 g/mol. The van der Waals surface area contributed by atoms with Gasteiger partial charge in [-0.3, -0.25) is 4.79 Å². The van der Waals surface area contributed by atoms with E-state index in [0.717, 1.165) is 11.5 Å². The lowest BCUT2D eigenvalue weighted by Gasteiger charge is -2.01. The normalized spacial score (nSPS) is 9.81. The summed E-state index contributed by atoms with van der Waals surface area (Å²) >= 11 is 1.10. The molecule has 0 atom stereocenters. The van der Waals surface area contributed by atoms with Crippen molar-refractivity contribution >= 4 is 28.3 Å². The molecule has 0 spiro atoms. The van der Waals surface area contributed by atoms with E-state index in [2.05, 4.69) is 30.2 Å². The van der Waals surface area contributed by atoms with E-state index in [-0.39, 0.29) is 11.6 Å². The molecule has 8 heteroatoms.